The molecule has 0 N–H and O–H groups in total. The molecule has 0 radical (unpaired) electrons. The van der Waals surface area contributed by atoms with Gasteiger partial charge in [-0.05, 0) is 30.9 Å². The summed E-state index contributed by atoms with van der Waals surface area (Å²) in [4.78, 5) is 4.68. The summed E-state index contributed by atoms with van der Waals surface area (Å²) in [5.74, 6) is 0.790. The fourth-order valence-electron chi connectivity index (χ4n) is 2.92. The van der Waals surface area contributed by atoms with Crippen LogP contribution in [0.15, 0.2) is 42.6 Å². The molecule has 0 aliphatic carbocycles. The Kier molecular flexibility index (Phi) is 5.98. The summed E-state index contributed by atoms with van der Waals surface area (Å²) in [6.07, 6.45) is 8.31. The zero-order chi connectivity index (χ0) is 15.1. The summed E-state index contributed by atoms with van der Waals surface area (Å²) in [6, 6.07) is 13.1. The first-order valence-corrected chi connectivity index (χ1v) is 8.25. The van der Waals surface area contributed by atoms with Crippen LogP contribution in [0.25, 0.3) is 11.1 Å². The van der Waals surface area contributed by atoms with Gasteiger partial charge in [0.15, 0.2) is 0 Å². The summed E-state index contributed by atoms with van der Waals surface area (Å²) in [5.41, 5.74) is 4.99. The summed E-state index contributed by atoms with van der Waals surface area (Å²) in [6.45, 7) is 6.67. The van der Waals surface area contributed by atoms with Crippen LogP contribution < -0.4 is 0 Å². The van der Waals surface area contributed by atoms with Crippen molar-refractivity contribution in [3.8, 4) is 11.1 Å². The molecule has 112 valence electrons. The smallest absolute Gasteiger partial charge is 0.0406 e. The average Bonchev–Trinajstić information content (AvgIpc) is 2.49. The standard InChI is InChI=1S/C20H27N/c1-4-6-17(7-5-2)14-20-13-12-19(15-21-20)18-10-8-16(3)9-11-18/h8-13,15,17H,4-7,14H2,1-3H3. The number of nitrogens with zero attached hydrogens (tertiary/aromatic N) is 1. The van der Waals surface area contributed by atoms with Gasteiger partial charge in [0.1, 0.15) is 0 Å². The highest BCUT2D eigenvalue weighted by molar-refractivity contribution is 5.62. The minimum Gasteiger partial charge on any atom is -0.261 e. The van der Waals surface area contributed by atoms with Crippen LogP contribution in [-0.2, 0) is 6.42 Å². The maximum absolute atomic E-state index is 4.68. The monoisotopic (exact) mass is 281 g/mol. The van der Waals surface area contributed by atoms with E-state index in [4.69, 9.17) is 0 Å². The van der Waals surface area contributed by atoms with E-state index in [1.165, 1.54) is 48.1 Å². The van der Waals surface area contributed by atoms with E-state index >= 15 is 0 Å². The zero-order valence-electron chi connectivity index (χ0n) is 13.6. The van der Waals surface area contributed by atoms with Gasteiger partial charge in [-0.3, -0.25) is 4.98 Å². The van der Waals surface area contributed by atoms with Crippen molar-refractivity contribution < 1.29 is 0 Å². The molecule has 0 amide bonds. The van der Waals surface area contributed by atoms with Crippen LogP contribution in [0.1, 0.15) is 50.8 Å². The van der Waals surface area contributed by atoms with Crippen molar-refractivity contribution in [3.63, 3.8) is 0 Å². The minimum atomic E-state index is 0.790. The van der Waals surface area contributed by atoms with Gasteiger partial charge in [0, 0.05) is 17.5 Å². The third-order valence-electron chi connectivity index (χ3n) is 4.10. The fourth-order valence-corrected chi connectivity index (χ4v) is 2.92. The predicted molar refractivity (Wildman–Crippen MR) is 91.4 cm³/mol. The maximum Gasteiger partial charge on any atom is 0.0406 e. The molecule has 0 saturated carbocycles. The Morgan fingerprint density at radius 1 is 0.857 bits per heavy atom. The van der Waals surface area contributed by atoms with Gasteiger partial charge in [-0.2, -0.15) is 0 Å². The van der Waals surface area contributed by atoms with Crippen LogP contribution in [0.2, 0.25) is 0 Å². The molecule has 0 aliphatic rings. The summed E-state index contributed by atoms with van der Waals surface area (Å²) < 4.78 is 0. The van der Waals surface area contributed by atoms with E-state index in [0.717, 1.165) is 12.3 Å². The number of hydrogen-bond acceptors (Lipinski definition) is 1. The largest absolute Gasteiger partial charge is 0.261 e. The third-order valence-corrected chi connectivity index (χ3v) is 4.10. The highest BCUT2D eigenvalue weighted by atomic mass is 14.7. The Hall–Kier alpha value is -1.63. The van der Waals surface area contributed by atoms with Crippen molar-refractivity contribution >= 4 is 0 Å². The molecule has 1 aromatic carbocycles. The number of pyridine rings is 1. The highest BCUT2D eigenvalue weighted by Gasteiger charge is 2.09. The molecule has 0 atom stereocenters. The lowest BCUT2D eigenvalue weighted by atomic mass is 9.93. The normalized spacial score (nSPS) is 11.0. The van der Waals surface area contributed by atoms with Gasteiger partial charge in [-0.1, -0.05) is 75.4 Å². The minimum absolute atomic E-state index is 0.790. The van der Waals surface area contributed by atoms with Crippen LogP contribution in [0, 0.1) is 12.8 Å². The summed E-state index contributed by atoms with van der Waals surface area (Å²) in [7, 11) is 0. The first-order valence-electron chi connectivity index (χ1n) is 8.25. The van der Waals surface area contributed by atoms with Gasteiger partial charge in [-0.25, -0.2) is 0 Å². The SMILES string of the molecule is CCCC(CCC)Cc1ccc(-c2ccc(C)cc2)cn1. The third kappa shape index (κ3) is 4.70. The number of rotatable bonds is 7. The van der Waals surface area contributed by atoms with E-state index in [9.17, 15) is 0 Å². The molecule has 0 fully saturated rings. The first-order chi connectivity index (χ1) is 10.2. The van der Waals surface area contributed by atoms with E-state index in [0.29, 0.717) is 0 Å². The van der Waals surface area contributed by atoms with Gasteiger partial charge in [0.05, 0.1) is 0 Å². The molecule has 0 unspecified atom stereocenters. The van der Waals surface area contributed by atoms with Crippen molar-refractivity contribution in [1.82, 2.24) is 4.98 Å². The van der Waals surface area contributed by atoms with Gasteiger partial charge < -0.3 is 0 Å². The predicted octanol–water partition coefficient (Wildman–Crippen LogP) is 5.82. The van der Waals surface area contributed by atoms with E-state index in [1.54, 1.807) is 0 Å². The lowest BCUT2D eigenvalue weighted by Crippen LogP contribution is -2.05. The topological polar surface area (TPSA) is 12.9 Å². The van der Waals surface area contributed by atoms with Crippen LogP contribution in [0.3, 0.4) is 0 Å². The molecule has 0 bridgehead atoms. The number of aromatic nitrogens is 1. The number of benzene rings is 1. The quantitative estimate of drug-likeness (QED) is 0.623. The second kappa shape index (κ2) is 7.97. The second-order valence-electron chi connectivity index (χ2n) is 6.05. The van der Waals surface area contributed by atoms with Crippen LogP contribution in [0.4, 0.5) is 0 Å². The fraction of sp³-hybridized carbons (Fsp3) is 0.450. The van der Waals surface area contributed by atoms with E-state index in [-0.39, 0.29) is 0 Å². The Bertz CT molecular complexity index is 519. The molecule has 0 saturated heterocycles. The maximum atomic E-state index is 4.68. The van der Waals surface area contributed by atoms with Crippen LogP contribution in [0.5, 0.6) is 0 Å². The molecular formula is C20H27N. The molecule has 2 aromatic rings. The van der Waals surface area contributed by atoms with Gasteiger partial charge in [-0.15, -0.1) is 0 Å². The first kappa shape index (κ1) is 15.8. The Morgan fingerprint density at radius 3 is 2.00 bits per heavy atom. The highest BCUT2D eigenvalue weighted by Crippen LogP contribution is 2.22. The van der Waals surface area contributed by atoms with Crippen molar-refractivity contribution in [3.05, 3.63) is 53.9 Å². The lowest BCUT2D eigenvalue weighted by molar-refractivity contribution is 0.434. The Labute approximate surface area is 129 Å². The summed E-state index contributed by atoms with van der Waals surface area (Å²) >= 11 is 0. The average molecular weight is 281 g/mol. The second-order valence-corrected chi connectivity index (χ2v) is 6.05. The molecule has 1 nitrogen and oxygen atoms in total. The van der Waals surface area contributed by atoms with Crippen molar-refractivity contribution in [2.24, 2.45) is 5.92 Å². The van der Waals surface area contributed by atoms with E-state index in [2.05, 4.69) is 62.2 Å². The molecule has 21 heavy (non-hydrogen) atoms. The Balaban J connectivity index is 2.05. The molecule has 2 rings (SSSR count). The van der Waals surface area contributed by atoms with E-state index in [1.807, 2.05) is 6.20 Å². The van der Waals surface area contributed by atoms with Crippen molar-refractivity contribution in [1.29, 1.82) is 0 Å². The van der Waals surface area contributed by atoms with Crippen LogP contribution in [-0.4, -0.2) is 4.98 Å². The van der Waals surface area contributed by atoms with Crippen LogP contribution >= 0.6 is 0 Å². The number of hydrogen-bond donors (Lipinski definition) is 0. The lowest BCUT2D eigenvalue weighted by Gasteiger charge is -2.14. The molecule has 1 heterocycles. The molecule has 1 heteroatoms. The number of aryl methyl sites for hydroxylation is 1. The van der Waals surface area contributed by atoms with Gasteiger partial charge in [0.25, 0.3) is 0 Å². The molecule has 0 spiro atoms. The van der Waals surface area contributed by atoms with E-state index < -0.39 is 0 Å². The molecular weight excluding hydrogens is 254 g/mol. The van der Waals surface area contributed by atoms with Gasteiger partial charge >= 0.3 is 0 Å². The Morgan fingerprint density at radius 2 is 1.48 bits per heavy atom. The molecule has 0 aliphatic heterocycles. The zero-order valence-corrected chi connectivity index (χ0v) is 13.6. The summed E-state index contributed by atoms with van der Waals surface area (Å²) in [5, 5.41) is 0. The van der Waals surface area contributed by atoms with Crippen molar-refractivity contribution in [2.45, 2.75) is 52.9 Å². The van der Waals surface area contributed by atoms with Crippen molar-refractivity contribution in [2.75, 3.05) is 0 Å². The molecule has 1 aromatic heterocycles. The van der Waals surface area contributed by atoms with Gasteiger partial charge in [0.2, 0.25) is 0 Å².